The van der Waals surface area contributed by atoms with Crippen LogP contribution in [0.2, 0.25) is 0 Å². The number of nitro groups is 1. The van der Waals surface area contributed by atoms with E-state index >= 15 is 0 Å². The summed E-state index contributed by atoms with van der Waals surface area (Å²) in [4.78, 5) is 27.0. The zero-order valence-electron chi connectivity index (χ0n) is 12.2. The predicted molar refractivity (Wildman–Crippen MR) is 78.2 cm³/mol. The second kappa shape index (κ2) is 5.60. The quantitative estimate of drug-likeness (QED) is 0.496. The summed E-state index contributed by atoms with van der Waals surface area (Å²) in [6.07, 6.45) is 6.67. The maximum absolute atomic E-state index is 12.1. The highest BCUT2D eigenvalue weighted by molar-refractivity contribution is 5.96. The first-order chi connectivity index (χ1) is 10.0. The third-order valence-electron chi connectivity index (χ3n) is 5.02. The highest BCUT2D eigenvalue weighted by Crippen LogP contribution is 2.48. The molecule has 2 fully saturated rings. The Morgan fingerprint density at radius 1 is 1.48 bits per heavy atom. The fraction of sp³-hybridized carbons (Fsp3) is 0.667. The van der Waals surface area contributed by atoms with Crippen molar-refractivity contribution in [3.8, 4) is 0 Å². The third kappa shape index (κ3) is 3.00. The second-order valence-corrected chi connectivity index (χ2v) is 6.58. The fourth-order valence-corrected chi connectivity index (χ4v) is 4.04. The van der Waals surface area contributed by atoms with Crippen LogP contribution in [0.15, 0.2) is 12.3 Å². The van der Waals surface area contributed by atoms with E-state index in [0.717, 1.165) is 24.3 Å². The lowest BCUT2D eigenvalue weighted by Gasteiger charge is -2.26. The van der Waals surface area contributed by atoms with E-state index in [9.17, 15) is 14.9 Å². The van der Waals surface area contributed by atoms with Crippen LogP contribution in [0.1, 0.15) is 36.2 Å². The lowest BCUT2D eigenvalue weighted by Crippen LogP contribution is -2.33. The number of likely N-dealkylation sites (N-methyl/N-ethyl adjacent to an activating group) is 1. The number of rotatable bonds is 6. The van der Waals surface area contributed by atoms with Gasteiger partial charge in [0.2, 0.25) is 0 Å². The van der Waals surface area contributed by atoms with Gasteiger partial charge in [-0.05, 0) is 44.1 Å². The summed E-state index contributed by atoms with van der Waals surface area (Å²) < 4.78 is 0. The average Bonchev–Trinajstić information content (AvgIpc) is 3.14. The number of aromatic nitrogens is 1. The van der Waals surface area contributed by atoms with Crippen LogP contribution in [0.5, 0.6) is 0 Å². The molecule has 0 saturated heterocycles. The van der Waals surface area contributed by atoms with Gasteiger partial charge in [0.15, 0.2) is 5.78 Å². The molecular weight excluding hydrogens is 270 g/mol. The van der Waals surface area contributed by atoms with Gasteiger partial charge in [-0.1, -0.05) is 6.42 Å². The molecule has 0 aliphatic heterocycles. The summed E-state index contributed by atoms with van der Waals surface area (Å²) in [5.74, 6) is 2.39. The predicted octanol–water partition coefficient (Wildman–Crippen LogP) is 2.47. The van der Waals surface area contributed by atoms with E-state index in [0.29, 0.717) is 12.2 Å². The van der Waals surface area contributed by atoms with Crippen molar-refractivity contribution in [1.29, 1.82) is 0 Å². The largest absolute Gasteiger partial charge is 0.353 e. The van der Waals surface area contributed by atoms with Crippen LogP contribution >= 0.6 is 0 Å². The average molecular weight is 291 g/mol. The minimum Gasteiger partial charge on any atom is -0.353 e. The number of hydrogen-bond acceptors (Lipinski definition) is 4. The Labute approximate surface area is 123 Å². The standard InChI is InChI=1S/C15H21N3O3/c1-17(8-12-5-10-2-3-11(12)4-10)9-15(19)14-6-13(7-16-14)18(20)21/h6-7,10-12,16H,2-5,8-9H2,1H3. The van der Waals surface area contributed by atoms with E-state index in [2.05, 4.69) is 9.88 Å². The molecule has 0 radical (unpaired) electrons. The number of Topliss-reactive ketones (excluding diaryl/α,β-unsaturated/α-hetero) is 1. The van der Waals surface area contributed by atoms with Crippen molar-refractivity contribution >= 4 is 11.5 Å². The molecule has 1 N–H and O–H groups in total. The van der Waals surface area contributed by atoms with Crippen molar-refractivity contribution in [3.63, 3.8) is 0 Å². The summed E-state index contributed by atoms with van der Waals surface area (Å²) in [6.45, 7) is 1.27. The van der Waals surface area contributed by atoms with Crippen LogP contribution < -0.4 is 0 Å². The highest BCUT2D eigenvalue weighted by atomic mass is 16.6. The van der Waals surface area contributed by atoms with Gasteiger partial charge in [-0.3, -0.25) is 19.8 Å². The van der Waals surface area contributed by atoms with Crippen LogP contribution in [0.25, 0.3) is 0 Å². The van der Waals surface area contributed by atoms with Gasteiger partial charge < -0.3 is 4.98 Å². The van der Waals surface area contributed by atoms with Crippen molar-refractivity contribution in [2.75, 3.05) is 20.1 Å². The van der Waals surface area contributed by atoms with Crippen LogP contribution in [0.4, 0.5) is 5.69 Å². The zero-order chi connectivity index (χ0) is 15.0. The number of carbonyl (C=O) groups excluding carboxylic acids is 1. The Hall–Kier alpha value is -1.69. The third-order valence-corrected chi connectivity index (χ3v) is 5.02. The van der Waals surface area contributed by atoms with Crippen LogP contribution in [-0.4, -0.2) is 40.7 Å². The number of aromatic amines is 1. The van der Waals surface area contributed by atoms with E-state index in [4.69, 9.17) is 0 Å². The molecule has 6 nitrogen and oxygen atoms in total. The maximum Gasteiger partial charge on any atom is 0.287 e. The molecule has 1 heterocycles. The molecule has 2 bridgehead atoms. The first-order valence-electron chi connectivity index (χ1n) is 7.57. The van der Waals surface area contributed by atoms with Crippen molar-refractivity contribution in [1.82, 2.24) is 9.88 Å². The summed E-state index contributed by atoms with van der Waals surface area (Å²) in [7, 11) is 1.96. The minimum absolute atomic E-state index is 0.0610. The molecule has 0 amide bonds. The van der Waals surface area contributed by atoms with Gasteiger partial charge in [0, 0.05) is 12.6 Å². The summed E-state index contributed by atoms with van der Waals surface area (Å²) in [5, 5.41) is 10.6. The number of fused-ring (bicyclic) bond motifs is 2. The number of hydrogen-bond donors (Lipinski definition) is 1. The zero-order valence-corrected chi connectivity index (χ0v) is 12.2. The molecule has 0 aromatic carbocycles. The van der Waals surface area contributed by atoms with Gasteiger partial charge in [0.25, 0.3) is 5.69 Å². The highest BCUT2D eigenvalue weighted by Gasteiger charge is 2.39. The summed E-state index contributed by atoms with van der Waals surface area (Å²) >= 11 is 0. The number of carbonyl (C=O) groups is 1. The number of H-pyrrole nitrogens is 1. The number of ketones is 1. The number of nitrogens with one attached hydrogen (secondary N) is 1. The molecule has 114 valence electrons. The van der Waals surface area contributed by atoms with Crippen LogP contribution in [0, 0.1) is 27.9 Å². The summed E-state index contributed by atoms with van der Waals surface area (Å²) in [5.41, 5.74) is 0.260. The number of nitrogens with zero attached hydrogens (tertiary/aromatic N) is 2. The molecule has 0 spiro atoms. The Morgan fingerprint density at radius 3 is 2.86 bits per heavy atom. The van der Waals surface area contributed by atoms with E-state index in [1.807, 2.05) is 7.05 Å². The van der Waals surface area contributed by atoms with Crippen molar-refractivity contribution in [3.05, 3.63) is 28.1 Å². The Morgan fingerprint density at radius 2 is 2.29 bits per heavy atom. The fourth-order valence-electron chi connectivity index (χ4n) is 4.04. The normalized spacial score (nSPS) is 27.4. The van der Waals surface area contributed by atoms with Crippen LogP contribution in [0.3, 0.4) is 0 Å². The van der Waals surface area contributed by atoms with Crippen LogP contribution in [-0.2, 0) is 0 Å². The lowest BCUT2D eigenvalue weighted by molar-refractivity contribution is -0.384. The molecule has 2 aliphatic rings. The van der Waals surface area contributed by atoms with Gasteiger partial charge in [-0.25, -0.2) is 0 Å². The maximum atomic E-state index is 12.1. The molecule has 2 saturated carbocycles. The molecule has 21 heavy (non-hydrogen) atoms. The Kier molecular flexibility index (Phi) is 3.80. The van der Waals surface area contributed by atoms with Crippen molar-refractivity contribution in [2.24, 2.45) is 17.8 Å². The first-order valence-corrected chi connectivity index (χ1v) is 7.57. The van der Waals surface area contributed by atoms with E-state index < -0.39 is 4.92 Å². The Balaban J connectivity index is 1.53. The Bertz CT molecular complexity index is 554. The smallest absolute Gasteiger partial charge is 0.287 e. The lowest BCUT2D eigenvalue weighted by atomic mass is 9.88. The van der Waals surface area contributed by atoms with E-state index in [1.165, 1.54) is 37.9 Å². The summed E-state index contributed by atoms with van der Waals surface area (Å²) in [6, 6.07) is 1.31. The molecule has 1 aromatic heterocycles. The SMILES string of the molecule is CN(CC(=O)c1cc([N+](=O)[O-])c[nH]1)CC1CC2CCC1C2. The second-order valence-electron chi connectivity index (χ2n) is 6.58. The molecule has 1 aromatic rings. The van der Waals surface area contributed by atoms with E-state index in [-0.39, 0.29) is 11.5 Å². The van der Waals surface area contributed by atoms with E-state index in [1.54, 1.807) is 0 Å². The molecule has 3 atom stereocenters. The van der Waals surface area contributed by atoms with Crippen molar-refractivity contribution < 1.29 is 9.72 Å². The van der Waals surface area contributed by atoms with Crippen molar-refractivity contribution in [2.45, 2.75) is 25.7 Å². The molecule has 2 aliphatic carbocycles. The molecule has 3 unspecified atom stereocenters. The topological polar surface area (TPSA) is 79.2 Å². The van der Waals surface area contributed by atoms with Gasteiger partial charge in [0.1, 0.15) is 0 Å². The monoisotopic (exact) mass is 291 g/mol. The van der Waals surface area contributed by atoms with Gasteiger partial charge in [-0.2, -0.15) is 0 Å². The molecular formula is C15H21N3O3. The molecule has 3 rings (SSSR count). The first kappa shape index (κ1) is 14.3. The van der Waals surface area contributed by atoms with Gasteiger partial charge in [0.05, 0.1) is 23.4 Å². The van der Waals surface area contributed by atoms with Gasteiger partial charge >= 0.3 is 0 Å². The van der Waals surface area contributed by atoms with Gasteiger partial charge in [-0.15, -0.1) is 0 Å². The molecule has 6 heteroatoms. The minimum atomic E-state index is -0.494.